The van der Waals surface area contributed by atoms with Crippen molar-refractivity contribution in [3.63, 3.8) is 0 Å². The van der Waals surface area contributed by atoms with Crippen LogP contribution in [0.1, 0.15) is 63.0 Å². The lowest BCUT2D eigenvalue weighted by atomic mass is 9.94. The Morgan fingerprint density at radius 3 is 2.38 bits per heavy atom. The average molecular weight is 327 g/mol. The molecule has 0 heterocycles. The molecule has 0 unspecified atom stereocenters. The summed E-state index contributed by atoms with van der Waals surface area (Å²) in [6.45, 7) is 3.51. The lowest BCUT2D eigenvalue weighted by molar-refractivity contribution is -0.132. The number of carbonyl (C=O) groups excluding carboxylic acids is 1. The van der Waals surface area contributed by atoms with Gasteiger partial charge in [0.15, 0.2) is 0 Å². The first-order chi connectivity index (χ1) is 11.6. The molecule has 1 amide bonds. The van der Waals surface area contributed by atoms with E-state index in [9.17, 15) is 9.59 Å². The summed E-state index contributed by atoms with van der Waals surface area (Å²) in [5.41, 5.74) is 3.89. The van der Waals surface area contributed by atoms with Crippen molar-refractivity contribution in [2.45, 2.75) is 51.9 Å². The van der Waals surface area contributed by atoms with E-state index in [-0.39, 0.29) is 5.57 Å². The molecule has 0 spiro atoms. The Kier molecular flexibility index (Phi) is 6.36. The molecule has 1 saturated carbocycles. The Morgan fingerprint density at radius 1 is 1.25 bits per heavy atom. The van der Waals surface area contributed by atoms with Gasteiger partial charge in [0.2, 0.25) is 6.41 Å². The van der Waals surface area contributed by atoms with E-state index in [2.05, 4.69) is 29.6 Å². The highest BCUT2D eigenvalue weighted by atomic mass is 16.4. The van der Waals surface area contributed by atoms with Crippen molar-refractivity contribution in [3.8, 4) is 0 Å². The minimum atomic E-state index is -1.04. The molecule has 0 saturated heterocycles. The highest BCUT2D eigenvalue weighted by Gasteiger charge is 2.17. The fourth-order valence-electron chi connectivity index (χ4n) is 3.23. The number of amides is 1. The quantitative estimate of drug-likeness (QED) is 0.447. The molecule has 4 nitrogen and oxygen atoms in total. The molecular formula is C20H25NO3. The third-order valence-electron chi connectivity index (χ3n) is 4.75. The lowest BCUT2D eigenvalue weighted by Crippen LogP contribution is -2.14. The number of carbonyl (C=O) groups is 2. The van der Waals surface area contributed by atoms with Crippen molar-refractivity contribution in [1.29, 1.82) is 0 Å². The van der Waals surface area contributed by atoms with Gasteiger partial charge in [0.05, 0.1) is 11.3 Å². The van der Waals surface area contributed by atoms with Crippen LogP contribution in [-0.2, 0) is 9.59 Å². The summed E-state index contributed by atoms with van der Waals surface area (Å²) in [6, 6.07) is 8.54. The van der Waals surface area contributed by atoms with Crippen molar-refractivity contribution >= 4 is 18.0 Å². The van der Waals surface area contributed by atoms with Crippen LogP contribution in [0.4, 0.5) is 0 Å². The van der Waals surface area contributed by atoms with E-state index in [4.69, 9.17) is 5.11 Å². The van der Waals surface area contributed by atoms with Crippen LogP contribution in [0.2, 0.25) is 0 Å². The molecule has 24 heavy (non-hydrogen) atoms. The van der Waals surface area contributed by atoms with Crippen LogP contribution < -0.4 is 5.32 Å². The van der Waals surface area contributed by atoms with E-state index < -0.39 is 5.97 Å². The van der Waals surface area contributed by atoms with E-state index in [0.29, 0.717) is 18.0 Å². The number of allylic oxidation sites excluding steroid dienone is 2. The summed E-state index contributed by atoms with van der Waals surface area (Å²) in [5, 5.41) is 11.6. The predicted molar refractivity (Wildman–Crippen MR) is 95.5 cm³/mol. The number of aliphatic carboxylic acids is 1. The summed E-state index contributed by atoms with van der Waals surface area (Å²) in [5.74, 6) is -0.364. The molecule has 0 atom stereocenters. The van der Waals surface area contributed by atoms with Crippen molar-refractivity contribution < 1.29 is 14.7 Å². The van der Waals surface area contributed by atoms with Gasteiger partial charge < -0.3 is 10.4 Å². The maximum Gasteiger partial charge on any atom is 0.333 e. The first-order valence-electron chi connectivity index (χ1n) is 8.52. The van der Waals surface area contributed by atoms with E-state index in [1.165, 1.54) is 38.2 Å². The molecule has 2 rings (SSSR count). The van der Waals surface area contributed by atoms with E-state index in [1.807, 2.05) is 6.92 Å². The van der Waals surface area contributed by atoms with Gasteiger partial charge in [-0.3, -0.25) is 4.79 Å². The molecule has 1 fully saturated rings. The van der Waals surface area contributed by atoms with Gasteiger partial charge in [0.25, 0.3) is 0 Å². The summed E-state index contributed by atoms with van der Waals surface area (Å²) in [6.07, 6.45) is 8.17. The molecule has 1 aromatic carbocycles. The van der Waals surface area contributed by atoms with Crippen LogP contribution in [0.5, 0.6) is 0 Å². The Balaban J connectivity index is 2.30. The smallest absolute Gasteiger partial charge is 0.333 e. The highest BCUT2D eigenvalue weighted by molar-refractivity contribution is 5.88. The molecule has 0 radical (unpaired) electrons. The van der Waals surface area contributed by atoms with Crippen LogP contribution in [0.15, 0.2) is 41.6 Å². The lowest BCUT2D eigenvalue weighted by Gasteiger charge is -2.12. The Bertz CT molecular complexity index is 650. The van der Waals surface area contributed by atoms with Crippen LogP contribution in [0.25, 0.3) is 5.57 Å². The number of hydrogen-bond acceptors (Lipinski definition) is 2. The summed E-state index contributed by atoms with van der Waals surface area (Å²) in [4.78, 5) is 21.9. The molecule has 0 aliphatic heterocycles. The fraction of sp³-hybridized carbons (Fsp3) is 0.400. The molecule has 0 bridgehead atoms. The second kappa shape index (κ2) is 8.48. The number of carboxylic acids is 1. The number of nitrogens with one attached hydrogen (secondary N) is 1. The van der Waals surface area contributed by atoms with Gasteiger partial charge in [-0.15, -0.1) is 0 Å². The zero-order valence-electron chi connectivity index (χ0n) is 14.3. The van der Waals surface area contributed by atoms with Gasteiger partial charge in [0.1, 0.15) is 0 Å². The molecule has 4 heteroatoms. The number of rotatable bonds is 7. The minimum absolute atomic E-state index is 0.121. The molecule has 1 aliphatic carbocycles. The van der Waals surface area contributed by atoms with Crippen molar-refractivity contribution in [2.75, 3.05) is 0 Å². The minimum Gasteiger partial charge on any atom is -0.478 e. The van der Waals surface area contributed by atoms with Gasteiger partial charge in [-0.25, -0.2) is 4.79 Å². The van der Waals surface area contributed by atoms with Gasteiger partial charge >= 0.3 is 5.97 Å². The van der Waals surface area contributed by atoms with Crippen LogP contribution in [-0.4, -0.2) is 17.5 Å². The summed E-state index contributed by atoms with van der Waals surface area (Å²) >= 11 is 0. The van der Waals surface area contributed by atoms with Crippen LogP contribution >= 0.6 is 0 Å². The third-order valence-corrected chi connectivity index (χ3v) is 4.75. The highest BCUT2D eigenvalue weighted by Crippen LogP contribution is 2.34. The van der Waals surface area contributed by atoms with Gasteiger partial charge in [-0.2, -0.15) is 0 Å². The zero-order valence-corrected chi connectivity index (χ0v) is 14.3. The van der Waals surface area contributed by atoms with E-state index in [1.54, 1.807) is 6.08 Å². The second-order valence-corrected chi connectivity index (χ2v) is 6.23. The summed E-state index contributed by atoms with van der Waals surface area (Å²) in [7, 11) is 0. The van der Waals surface area contributed by atoms with Crippen LogP contribution in [0, 0.1) is 0 Å². The van der Waals surface area contributed by atoms with Crippen molar-refractivity contribution in [2.24, 2.45) is 0 Å². The van der Waals surface area contributed by atoms with Gasteiger partial charge in [0, 0.05) is 0 Å². The van der Waals surface area contributed by atoms with Gasteiger partial charge in [-0.05, 0) is 54.9 Å². The molecule has 2 N–H and O–H groups in total. The van der Waals surface area contributed by atoms with Crippen molar-refractivity contribution in [1.82, 2.24) is 5.32 Å². The normalized spacial score (nSPS) is 16.7. The van der Waals surface area contributed by atoms with Crippen LogP contribution in [0.3, 0.4) is 0 Å². The number of benzene rings is 1. The Hall–Kier alpha value is -2.36. The number of hydrogen-bond donors (Lipinski definition) is 2. The average Bonchev–Trinajstić information content (AvgIpc) is 3.12. The molecule has 0 aromatic heterocycles. The molecule has 1 aliphatic rings. The Morgan fingerprint density at radius 2 is 1.88 bits per heavy atom. The standard InChI is InChI=1S/C20H25NO3/c1-3-15(12-19(21-13-22)14(2)20(23)24)17-8-10-18(11-9-17)16-6-4-5-7-16/h8-13,16H,3-7H2,1-2H3,(H,21,22)(H,23,24)/b15-12+,19-14-. The first-order valence-corrected chi connectivity index (χ1v) is 8.52. The fourth-order valence-corrected chi connectivity index (χ4v) is 3.23. The molecular weight excluding hydrogens is 302 g/mol. The van der Waals surface area contributed by atoms with E-state index >= 15 is 0 Å². The summed E-state index contributed by atoms with van der Waals surface area (Å²) < 4.78 is 0. The topological polar surface area (TPSA) is 66.4 Å². The Labute approximate surface area is 143 Å². The molecule has 128 valence electrons. The number of carboxylic acid groups (broad SMARTS) is 1. The van der Waals surface area contributed by atoms with Crippen molar-refractivity contribution in [3.05, 3.63) is 52.7 Å². The maximum absolute atomic E-state index is 11.2. The maximum atomic E-state index is 11.2. The second-order valence-electron chi connectivity index (χ2n) is 6.23. The van der Waals surface area contributed by atoms with Gasteiger partial charge in [-0.1, -0.05) is 44.0 Å². The third kappa shape index (κ3) is 4.34. The SMILES string of the molecule is CC/C(=C\C(NC=O)=C(/C)C(=O)O)c1ccc(C2CCCC2)cc1. The first kappa shape index (κ1) is 18.0. The molecule has 1 aromatic rings. The largest absolute Gasteiger partial charge is 0.478 e. The predicted octanol–water partition coefficient (Wildman–Crippen LogP) is 4.24. The zero-order chi connectivity index (χ0) is 17.5. The monoisotopic (exact) mass is 327 g/mol. The van der Waals surface area contributed by atoms with E-state index in [0.717, 1.165) is 17.6 Å².